The molecule has 0 radical (unpaired) electrons. The number of anilines is 2. The first-order valence-corrected chi connectivity index (χ1v) is 10.3. The number of rotatable bonds is 7. The Kier molecular flexibility index (Phi) is 6.44. The van der Waals surface area contributed by atoms with Crippen molar-refractivity contribution in [3.05, 3.63) is 34.9 Å². The molecule has 13 heteroatoms. The summed E-state index contributed by atoms with van der Waals surface area (Å²) < 4.78 is 32.2. The van der Waals surface area contributed by atoms with Gasteiger partial charge in [0, 0.05) is 19.2 Å². The van der Waals surface area contributed by atoms with E-state index in [4.69, 9.17) is 25.8 Å². The zero-order valence-electron chi connectivity index (χ0n) is 17.6. The van der Waals surface area contributed by atoms with Gasteiger partial charge >= 0.3 is 6.09 Å². The van der Waals surface area contributed by atoms with Gasteiger partial charge in [-0.3, -0.25) is 5.10 Å². The van der Waals surface area contributed by atoms with Crippen LogP contribution in [0.1, 0.15) is 31.3 Å². The average Bonchev–Trinajstić information content (AvgIpc) is 3.41. The van der Waals surface area contributed by atoms with Crippen LogP contribution in [0.4, 0.5) is 20.8 Å². The molecule has 3 aromatic heterocycles. The normalized spacial score (nSPS) is 20.8. The highest BCUT2D eigenvalue weighted by molar-refractivity contribution is 6.29. The van der Waals surface area contributed by atoms with Crippen LogP contribution >= 0.6 is 11.6 Å². The van der Waals surface area contributed by atoms with Gasteiger partial charge in [-0.25, -0.2) is 18.7 Å². The van der Waals surface area contributed by atoms with Crippen LogP contribution in [0.5, 0.6) is 0 Å². The topological polar surface area (TPSA) is 128 Å². The number of alkyl carbamates (subject to hydrolysis) is 1. The molecule has 11 nitrogen and oxygen atoms in total. The van der Waals surface area contributed by atoms with E-state index in [2.05, 4.69) is 30.9 Å². The van der Waals surface area contributed by atoms with Crippen molar-refractivity contribution in [2.75, 3.05) is 19.0 Å². The number of fused-ring (bicyclic) bond motifs is 1. The van der Waals surface area contributed by atoms with E-state index in [0.717, 1.165) is 0 Å². The Balaban J connectivity index is 1.47. The van der Waals surface area contributed by atoms with E-state index < -0.39 is 24.5 Å². The Bertz CT molecular complexity index is 1100. The summed E-state index contributed by atoms with van der Waals surface area (Å²) >= 11 is 6.11. The minimum Gasteiger partial charge on any atom is -0.441 e. The van der Waals surface area contributed by atoms with E-state index in [0.29, 0.717) is 35.1 Å². The number of carbonyl (C=O) groups excluding carboxylic acids is 1. The fourth-order valence-electron chi connectivity index (χ4n) is 3.34. The van der Waals surface area contributed by atoms with Crippen molar-refractivity contribution in [1.82, 2.24) is 30.1 Å². The summed E-state index contributed by atoms with van der Waals surface area (Å²) in [6.45, 7) is 3.84. The van der Waals surface area contributed by atoms with E-state index in [1.807, 2.05) is 6.07 Å². The number of amides is 1. The minimum atomic E-state index is -1.55. The molecule has 1 aliphatic heterocycles. The van der Waals surface area contributed by atoms with Gasteiger partial charge < -0.3 is 24.8 Å². The van der Waals surface area contributed by atoms with Crippen LogP contribution in [-0.2, 0) is 20.8 Å². The lowest BCUT2D eigenvalue weighted by Crippen LogP contribution is -2.36. The van der Waals surface area contributed by atoms with Crippen LogP contribution < -0.4 is 10.6 Å². The monoisotopic (exact) mass is 467 g/mol. The highest BCUT2D eigenvalue weighted by Gasteiger charge is 2.42. The first-order valence-electron chi connectivity index (χ1n) is 9.93. The molecule has 32 heavy (non-hydrogen) atoms. The number of hydrogen-bond donors (Lipinski definition) is 3. The van der Waals surface area contributed by atoms with Crippen molar-refractivity contribution in [1.29, 1.82) is 0 Å². The van der Waals surface area contributed by atoms with Gasteiger partial charge in [0.05, 0.1) is 30.8 Å². The van der Waals surface area contributed by atoms with Crippen LogP contribution in [0, 0.1) is 0 Å². The van der Waals surface area contributed by atoms with Gasteiger partial charge in [0.1, 0.15) is 16.8 Å². The zero-order valence-corrected chi connectivity index (χ0v) is 18.4. The van der Waals surface area contributed by atoms with Crippen molar-refractivity contribution in [2.45, 2.75) is 44.9 Å². The summed E-state index contributed by atoms with van der Waals surface area (Å²) in [6.07, 6.45) is -2.63. The number of ether oxygens (including phenoxy) is 3. The predicted molar refractivity (Wildman–Crippen MR) is 113 cm³/mol. The van der Waals surface area contributed by atoms with Gasteiger partial charge in [-0.05, 0) is 19.9 Å². The number of alkyl halides is 1. The summed E-state index contributed by atoms with van der Waals surface area (Å²) in [7, 11) is 1.58. The van der Waals surface area contributed by atoms with E-state index in [1.54, 1.807) is 37.7 Å². The highest BCUT2D eigenvalue weighted by atomic mass is 35.5. The summed E-state index contributed by atoms with van der Waals surface area (Å²) in [6, 6.07) is 3.29. The summed E-state index contributed by atoms with van der Waals surface area (Å²) in [4.78, 5) is 16.1. The van der Waals surface area contributed by atoms with Crippen molar-refractivity contribution >= 4 is 34.8 Å². The molecule has 4 rings (SSSR count). The SMILES string of the molecule is COCc1cc2c(Nc3cc([C@@H]4OC[C@H](OC(=O)NC(C)C)[C@H]4F)[nH]n3)nc(Cl)cn2n1. The van der Waals surface area contributed by atoms with E-state index in [9.17, 15) is 9.18 Å². The van der Waals surface area contributed by atoms with E-state index in [-0.39, 0.29) is 17.8 Å². The molecule has 172 valence electrons. The molecule has 1 amide bonds. The second-order valence-corrected chi connectivity index (χ2v) is 7.97. The molecular formula is C19H23ClFN7O4. The lowest BCUT2D eigenvalue weighted by molar-refractivity contribution is 0.0615. The second-order valence-electron chi connectivity index (χ2n) is 7.59. The maximum atomic E-state index is 14.9. The predicted octanol–water partition coefficient (Wildman–Crippen LogP) is 2.91. The van der Waals surface area contributed by atoms with Crippen molar-refractivity contribution < 1.29 is 23.4 Å². The van der Waals surface area contributed by atoms with Crippen molar-refractivity contribution in [3.8, 4) is 0 Å². The van der Waals surface area contributed by atoms with Crippen LogP contribution in [-0.4, -0.2) is 62.9 Å². The summed E-state index contributed by atoms with van der Waals surface area (Å²) in [5.41, 5.74) is 1.76. The lowest BCUT2D eigenvalue weighted by atomic mass is 10.1. The largest absolute Gasteiger partial charge is 0.441 e. The Morgan fingerprint density at radius 3 is 3.03 bits per heavy atom. The quantitative estimate of drug-likeness (QED) is 0.484. The van der Waals surface area contributed by atoms with Crippen LogP contribution in [0.15, 0.2) is 18.3 Å². The molecule has 1 fully saturated rings. The molecular weight excluding hydrogens is 445 g/mol. The third kappa shape index (κ3) is 4.76. The molecule has 0 aromatic carbocycles. The second kappa shape index (κ2) is 9.27. The fourth-order valence-corrected chi connectivity index (χ4v) is 3.51. The van der Waals surface area contributed by atoms with Gasteiger partial charge in [0.25, 0.3) is 0 Å². The molecule has 1 aliphatic rings. The molecule has 0 saturated carbocycles. The molecule has 3 aromatic rings. The first-order chi connectivity index (χ1) is 15.3. The minimum absolute atomic E-state index is 0.0618. The molecule has 0 aliphatic carbocycles. The highest BCUT2D eigenvalue weighted by Crippen LogP contribution is 2.34. The number of nitrogens with zero attached hydrogens (tertiary/aromatic N) is 4. The summed E-state index contributed by atoms with van der Waals surface area (Å²) in [5, 5.41) is 17.1. The zero-order chi connectivity index (χ0) is 22.8. The van der Waals surface area contributed by atoms with Crippen molar-refractivity contribution in [2.24, 2.45) is 0 Å². The maximum absolute atomic E-state index is 14.9. The van der Waals surface area contributed by atoms with Crippen LogP contribution in [0.2, 0.25) is 5.15 Å². The Morgan fingerprint density at radius 1 is 1.47 bits per heavy atom. The van der Waals surface area contributed by atoms with Crippen molar-refractivity contribution in [3.63, 3.8) is 0 Å². The maximum Gasteiger partial charge on any atom is 0.407 e. The van der Waals surface area contributed by atoms with E-state index >= 15 is 0 Å². The van der Waals surface area contributed by atoms with Gasteiger partial charge in [0.2, 0.25) is 0 Å². The summed E-state index contributed by atoms with van der Waals surface area (Å²) in [5.74, 6) is 0.796. The van der Waals surface area contributed by atoms with Crippen LogP contribution in [0.25, 0.3) is 5.52 Å². The number of H-pyrrole nitrogens is 1. The van der Waals surface area contributed by atoms with Gasteiger partial charge in [-0.15, -0.1) is 0 Å². The number of carbonyl (C=O) groups is 1. The average molecular weight is 468 g/mol. The lowest BCUT2D eigenvalue weighted by Gasteiger charge is -2.16. The number of methoxy groups -OCH3 is 1. The molecule has 0 bridgehead atoms. The number of aromatic nitrogens is 5. The van der Waals surface area contributed by atoms with E-state index in [1.165, 1.54) is 0 Å². The fraction of sp³-hybridized carbons (Fsp3) is 0.474. The smallest absolute Gasteiger partial charge is 0.407 e. The Morgan fingerprint density at radius 2 is 2.28 bits per heavy atom. The first kappa shape index (κ1) is 22.2. The number of aromatic amines is 1. The molecule has 3 atom stereocenters. The number of hydrogen-bond acceptors (Lipinski definition) is 8. The standard InChI is InChI=1S/C19H23ClFN7O4/c1-9(2)22-19(29)32-13-8-31-17(16(13)21)11-5-15(26-25-11)24-18-12-4-10(7-30-3)27-28(12)6-14(20)23-18/h4-6,9,13,16-17H,7-8H2,1-3H3,(H,22,29)(H2,23,24,25,26)/t13-,16+,17-/m0/s1. The van der Waals surface area contributed by atoms with Gasteiger partial charge in [0.15, 0.2) is 23.9 Å². The van der Waals surface area contributed by atoms with Gasteiger partial charge in [-0.2, -0.15) is 10.2 Å². The molecule has 1 saturated heterocycles. The molecule has 4 heterocycles. The number of nitrogens with one attached hydrogen (secondary N) is 3. The third-order valence-corrected chi connectivity index (χ3v) is 4.85. The van der Waals surface area contributed by atoms with Crippen LogP contribution in [0.3, 0.4) is 0 Å². The third-order valence-electron chi connectivity index (χ3n) is 4.67. The Hall–Kier alpha value is -2.96. The Labute approximate surface area is 187 Å². The van der Waals surface area contributed by atoms with Gasteiger partial charge in [-0.1, -0.05) is 11.6 Å². The molecule has 0 unspecified atom stereocenters. The molecule has 3 N–H and O–H groups in total. The number of halogens is 2. The molecule has 0 spiro atoms.